The number of hydrogen-bond acceptors (Lipinski definition) is 4. The molecule has 2 aromatic rings. The first-order valence-corrected chi connectivity index (χ1v) is 6.29. The lowest BCUT2D eigenvalue weighted by atomic mass is 10.3. The predicted octanol–water partition coefficient (Wildman–Crippen LogP) is 3.69. The van der Waals surface area contributed by atoms with Gasteiger partial charge in [-0.05, 0) is 19.1 Å². The largest absolute Gasteiger partial charge is 0.374 e. The lowest BCUT2D eigenvalue weighted by Gasteiger charge is -2.09. The van der Waals surface area contributed by atoms with Crippen LogP contribution < -0.4 is 5.32 Å². The van der Waals surface area contributed by atoms with Gasteiger partial charge in [0.1, 0.15) is 29.2 Å². The van der Waals surface area contributed by atoms with E-state index in [9.17, 15) is 8.78 Å². The molecule has 0 amide bonds. The van der Waals surface area contributed by atoms with E-state index in [0.717, 1.165) is 12.1 Å². The number of aromatic nitrogens is 2. The summed E-state index contributed by atoms with van der Waals surface area (Å²) >= 11 is 5.86. The number of ether oxygens (including phenoxy) is 1. The lowest BCUT2D eigenvalue weighted by molar-refractivity contribution is 0.128. The van der Waals surface area contributed by atoms with E-state index in [0.29, 0.717) is 18.2 Å². The van der Waals surface area contributed by atoms with Crippen molar-refractivity contribution in [3.63, 3.8) is 0 Å². The second-order valence-electron chi connectivity index (χ2n) is 3.88. The molecule has 0 saturated heterocycles. The Morgan fingerprint density at radius 2 is 2.05 bits per heavy atom. The lowest BCUT2D eigenvalue weighted by Crippen LogP contribution is -2.03. The molecule has 1 aromatic carbocycles. The summed E-state index contributed by atoms with van der Waals surface area (Å²) in [4.78, 5) is 8.12. The molecule has 0 saturated carbocycles. The maximum atomic E-state index is 13.5. The van der Waals surface area contributed by atoms with Gasteiger partial charge in [0.2, 0.25) is 0 Å². The molecule has 1 aromatic heterocycles. The Hall–Kier alpha value is -1.79. The average Bonchev–Trinajstić information content (AvgIpc) is 2.39. The molecule has 4 nitrogen and oxygen atoms in total. The molecule has 0 atom stereocenters. The number of benzene rings is 1. The van der Waals surface area contributed by atoms with Crippen LogP contribution in [-0.2, 0) is 11.3 Å². The van der Waals surface area contributed by atoms with Crippen molar-refractivity contribution >= 4 is 23.1 Å². The van der Waals surface area contributed by atoms with Crippen LogP contribution in [0.2, 0.25) is 5.15 Å². The van der Waals surface area contributed by atoms with Gasteiger partial charge in [-0.2, -0.15) is 0 Å². The summed E-state index contributed by atoms with van der Waals surface area (Å²) in [6.45, 7) is 2.57. The molecule has 1 heterocycles. The van der Waals surface area contributed by atoms with Crippen LogP contribution in [-0.4, -0.2) is 16.6 Å². The van der Waals surface area contributed by atoms with E-state index >= 15 is 0 Å². The first-order chi connectivity index (χ1) is 9.58. The first-order valence-electron chi connectivity index (χ1n) is 5.91. The molecule has 1 N–H and O–H groups in total. The van der Waals surface area contributed by atoms with Crippen LogP contribution >= 0.6 is 11.6 Å². The monoisotopic (exact) mass is 299 g/mol. The Kier molecular flexibility index (Phi) is 4.81. The van der Waals surface area contributed by atoms with Gasteiger partial charge in [-0.3, -0.25) is 0 Å². The minimum atomic E-state index is -0.717. The van der Waals surface area contributed by atoms with Gasteiger partial charge >= 0.3 is 0 Å². The van der Waals surface area contributed by atoms with Crippen LogP contribution in [0.15, 0.2) is 24.3 Å². The van der Waals surface area contributed by atoms with Crippen LogP contribution in [0.25, 0.3) is 0 Å². The number of anilines is 2. The Morgan fingerprint density at radius 3 is 2.75 bits per heavy atom. The summed E-state index contributed by atoms with van der Waals surface area (Å²) in [6, 6.07) is 4.66. The SMILES string of the molecule is CCOCc1nc(Cl)cc(Nc2ccc(F)cc2F)n1. The number of hydrogen-bond donors (Lipinski definition) is 1. The summed E-state index contributed by atoms with van der Waals surface area (Å²) in [5.74, 6) is -0.675. The zero-order valence-corrected chi connectivity index (χ0v) is 11.4. The summed E-state index contributed by atoms with van der Waals surface area (Å²) in [6.07, 6.45) is 0. The maximum Gasteiger partial charge on any atom is 0.158 e. The van der Waals surface area contributed by atoms with Crippen molar-refractivity contribution in [2.24, 2.45) is 0 Å². The molecule has 0 radical (unpaired) electrons. The van der Waals surface area contributed by atoms with Gasteiger partial charge in [0, 0.05) is 18.7 Å². The fraction of sp³-hybridized carbons (Fsp3) is 0.231. The van der Waals surface area contributed by atoms with Crippen molar-refractivity contribution < 1.29 is 13.5 Å². The van der Waals surface area contributed by atoms with E-state index in [1.165, 1.54) is 12.1 Å². The first kappa shape index (κ1) is 14.6. The molecule has 0 aliphatic carbocycles. The number of halogens is 3. The van der Waals surface area contributed by atoms with Gasteiger partial charge in [0.15, 0.2) is 5.82 Å². The molecule has 106 valence electrons. The Morgan fingerprint density at radius 1 is 1.25 bits per heavy atom. The zero-order chi connectivity index (χ0) is 14.5. The molecule has 0 bridgehead atoms. The fourth-order valence-corrected chi connectivity index (χ4v) is 1.72. The topological polar surface area (TPSA) is 47.0 Å². The maximum absolute atomic E-state index is 13.5. The fourth-order valence-electron chi connectivity index (χ4n) is 1.52. The van der Waals surface area contributed by atoms with Crippen LogP contribution in [0.3, 0.4) is 0 Å². The van der Waals surface area contributed by atoms with Crippen molar-refractivity contribution in [2.45, 2.75) is 13.5 Å². The highest BCUT2D eigenvalue weighted by Gasteiger charge is 2.07. The molecule has 7 heteroatoms. The van der Waals surface area contributed by atoms with E-state index < -0.39 is 11.6 Å². The van der Waals surface area contributed by atoms with Gasteiger partial charge in [0.25, 0.3) is 0 Å². The Labute approximate surface area is 119 Å². The second kappa shape index (κ2) is 6.58. The summed E-state index contributed by atoms with van der Waals surface area (Å²) in [5, 5.41) is 2.93. The third-order valence-corrected chi connectivity index (χ3v) is 2.56. The van der Waals surface area contributed by atoms with Gasteiger partial charge in [0.05, 0.1) is 5.69 Å². The van der Waals surface area contributed by atoms with Crippen molar-refractivity contribution in [3.05, 3.63) is 46.9 Å². The average molecular weight is 300 g/mol. The molecule has 0 aliphatic rings. The summed E-state index contributed by atoms with van der Waals surface area (Å²) < 4.78 is 31.5. The van der Waals surface area contributed by atoms with Crippen molar-refractivity contribution in [3.8, 4) is 0 Å². The highest BCUT2D eigenvalue weighted by atomic mass is 35.5. The minimum absolute atomic E-state index is 0.100. The van der Waals surface area contributed by atoms with E-state index in [1.54, 1.807) is 0 Å². The molecule has 0 aliphatic heterocycles. The Bertz CT molecular complexity index is 610. The van der Waals surface area contributed by atoms with Crippen LogP contribution in [0.1, 0.15) is 12.7 Å². The Balaban J connectivity index is 2.21. The highest BCUT2D eigenvalue weighted by molar-refractivity contribution is 6.29. The van der Waals surface area contributed by atoms with E-state index in [1.807, 2.05) is 6.92 Å². The quantitative estimate of drug-likeness (QED) is 0.855. The van der Waals surface area contributed by atoms with Crippen molar-refractivity contribution in [1.82, 2.24) is 9.97 Å². The number of nitrogens with one attached hydrogen (secondary N) is 1. The summed E-state index contributed by atoms with van der Waals surface area (Å²) in [7, 11) is 0. The van der Waals surface area contributed by atoms with Crippen LogP contribution in [0.5, 0.6) is 0 Å². The number of rotatable bonds is 5. The van der Waals surface area contributed by atoms with E-state index in [2.05, 4.69) is 15.3 Å². The van der Waals surface area contributed by atoms with Crippen LogP contribution in [0.4, 0.5) is 20.3 Å². The van der Waals surface area contributed by atoms with Gasteiger partial charge in [-0.15, -0.1) is 0 Å². The third-order valence-electron chi connectivity index (χ3n) is 2.37. The normalized spacial score (nSPS) is 10.6. The molecule has 0 unspecified atom stereocenters. The molecular formula is C13H12ClF2N3O. The van der Waals surface area contributed by atoms with Gasteiger partial charge in [-0.25, -0.2) is 18.7 Å². The second-order valence-corrected chi connectivity index (χ2v) is 4.27. The molecule has 20 heavy (non-hydrogen) atoms. The molecule has 2 rings (SSSR count). The van der Waals surface area contributed by atoms with Gasteiger partial charge in [-0.1, -0.05) is 11.6 Å². The minimum Gasteiger partial charge on any atom is -0.374 e. The van der Waals surface area contributed by atoms with Crippen molar-refractivity contribution in [1.29, 1.82) is 0 Å². The van der Waals surface area contributed by atoms with Crippen molar-refractivity contribution in [2.75, 3.05) is 11.9 Å². The molecule has 0 fully saturated rings. The van der Waals surface area contributed by atoms with E-state index in [-0.39, 0.29) is 17.4 Å². The highest BCUT2D eigenvalue weighted by Crippen LogP contribution is 2.21. The van der Waals surface area contributed by atoms with Gasteiger partial charge < -0.3 is 10.1 Å². The predicted molar refractivity (Wildman–Crippen MR) is 72.0 cm³/mol. The zero-order valence-electron chi connectivity index (χ0n) is 10.7. The number of nitrogens with zero attached hydrogens (tertiary/aromatic N) is 2. The molecular weight excluding hydrogens is 288 g/mol. The van der Waals surface area contributed by atoms with E-state index in [4.69, 9.17) is 16.3 Å². The van der Waals surface area contributed by atoms with Crippen LogP contribution in [0, 0.1) is 11.6 Å². The standard InChI is InChI=1S/C13H12ClF2N3O/c1-2-20-7-13-18-11(14)6-12(19-13)17-10-4-3-8(15)5-9(10)16/h3-6H,2,7H2,1H3,(H,17,18,19). The summed E-state index contributed by atoms with van der Waals surface area (Å²) in [5.41, 5.74) is 0.100. The molecule has 0 spiro atoms. The smallest absolute Gasteiger partial charge is 0.158 e. The third kappa shape index (κ3) is 3.85.